The van der Waals surface area contributed by atoms with Gasteiger partial charge in [0.15, 0.2) is 17.5 Å². The molecular formula is C19H28IN3O2S. The van der Waals surface area contributed by atoms with E-state index in [1.54, 1.807) is 25.5 Å². The molecule has 0 bridgehead atoms. The minimum Gasteiger partial charge on any atom is -0.493 e. The van der Waals surface area contributed by atoms with Gasteiger partial charge in [-0.25, -0.2) is 0 Å². The lowest BCUT2D eigenvalue weighted by atomic mass is 10.3. The Hall–Kier alpha value is -1.48. The van der Waals surface area contributed by atoms with E-state index in [1.165, 1.54) is 4.88 Å². The lowest BCUT2D eigenvalue weighted by Crippen LogP contribution is -2.43. The summed E-state index contributed by atoms with van der Waals surface area (Å²) in [6.45, 7) is 3.61. The minimum absolute atomic E-state index is 0. The number of thiophene rings is 1. The average Bonchev–Trinajstić information content (AvgIpc) is 3.14. The van der Waals surface area contributed by atoms with Crippen LogP contribution in [0.15, 0.2) is 46.8 Å². The maximum absolute atomic E-state index is 5.97. The highest BCUT2D eigenvalue weighted by Crippen LogP contribution is 2.26. The van der Waals surface area contributed by atoms with Crippen molar-refractivity contribution in [2.45, 2.75) is 19.4 Å². The Bertz CT molecular complexity index is 665. The summed E-state index contributed by atoms with van der Waals surface area (Å²) in [5, 5.41) is 5.48. The molecule has 0 spiro atoms. The molecule has 0 radical (unpaired) electrons. The van der Waals surface area contributed by atoms with Crippen molar-refractivity contribution >= 4 is 41.3 Å². The summed E-state index contributed by atoms with van der Waals surface area (Å²) in [5.41, 5.74) is 0. The monoisotopic (exact) mass is 489 g/mol. The van der Waals surface area contributed by atoms with Crippen LogP contribution in [-0.4, -0.2) is 51.3 Å². The van der Waals surface area contributed by atoms with Gasteiger partial charge in [0.25, 0.3) is 0 Å². The fraction of sp³-hybridized carbons (Fsp3) is 0.421. The molecule has 144 valence electrons. The second-order valence-electron chi connectivity index (χ2n) is 5.76. The molecule has 0 saturated carbocycles. The third kappa shape index (κ3) is 7.03. The number of aliphatic imine (C=N–C) groups is 1. The van der Waals surface area contributed by atoms with E-state index >= 15 is 0 Å². The van der Waals surface area contributed by atoms with Crippen LogP contribution in [0.25, 0.3) is 0 Å². The van der Waals surface area contributed by atoms with Gasteiger partial charge in [-0.2, -0.15) is 0 Å². The van der Waals surface area contributed by atoms with Gasteiger partial charge in [-0.1, -0.05) is 18.2 Å². The Morgan fingerprint density at radius 3 is 2.58 bits per heavy atom. The van der Waals surface area contributed by atoms with Crippen molar-refractivity contribution in [1.29, 1.82) is 0 Å². The van der Waals surface area contributed by atoms with Gasteiger partial charge in [-0.15, -0.1) is 35.3 Å². The lowest BCUT2D eigenvalue weighted by Gasteiger charge is -2.24. The normalized spacial score (nSPS) is 12.1. The molecule has 1 heterocycles. The number of nitrogens with one attached hydrogen (secondary N) is 1. The second kappa shape index (κ2) is 12.0. The maximum Gasteiger partial charge on any atom is 0.193 e. The molecule has 1 aromatic carbocycles. The topological polar surface area (TPSA) is 46.1 Å². The van der Waals surface area contributed by atoms with Crippen LogP contribution in [0.4, 0.5) is 0 Å². The molecule has 2 rings (SSSR count). The van der Waals surface area contributed by atoms with E-state index in [4.69, 9.17) is 9.47 Å². The number of rotatable bonds is 8. The summed E-state index contributed by atoms with van der Waals surface area (Å²) < 4.78 is 11.3. The molecule has 0 aliphatic rings. The van der Waals surface area contributed by atoms with Crippen LogP contribution in [0.2, 0.25) is 0 Å². The van der Waals surface area contributed by atoms with Gasteiger partial charge in [-0.05, 0) is 36.9 Å². The van der Waals surface area contributed by atoms with Crippen molar-refractivity contribution in [3.8, 4) is 11.5 Å². The molecule has 0 saturated heterocycles. The van der Waals surface area contributed by atoms with Gasteiger partial charge in [0.2, 0.25) is 0 Å². The summed E-state index contributed by atoms with van der Waals surface area (Å²) in [4.78, 5) is 7.87. The summed E-state index contributed by atoms with van der Waals surface area (Å²) in [5.74, 6) is 2.36. The van der Waals surface area contributed by atoms with Gasteiger partial charge in [0, 0.05) is 25.5 Å². The number of nitrogens with zero attached hydrogens (tertiary/aromatic N) is 2. The van der Waals surface area contributed by atoms with E-state index in [-0.39, 0.29) is 30.1 Å². The van der Waals surface area contributed by atoms with Crippen LogP contribution in [0, 0.1) is 0 Å². The fourth-order valence-electron chi connectivity index (χ4n) is 2.43. The van der Waals surface area contributed by atoms with Crippen molar-refractivity contribution < 1.29 is 9.47 Å². The zero-order chi connectivity index (χ0) is 18.1. The predicted octanol–water partition coefficient (Wildman–Crippen LogP) is 3.89. The molecule has 0 fully saturated rings. The summed E-state index contributed by atoms with van der Waals surface area (Å²) in [7, 11) is 5.50. The summed E-state index contributed by atoms with van der Waals surface area (Å²) in [6.07, 6.45) is 1.00. The van der Waals surface area contributed by atoms with E-state index in [2.05, 4.69) is 39.8 Å². The third-order valence-corrected chi connectivity index (χ3v) is 4.73. The molecule has 1 N–H and O–H groups in total. The van der Waals surface area contributed by atoms with Crippen molar-refractivity contribution in [2.24, 2.45) is 4.99 Å². The Morgan fingerprint density at radius 1 is 1.23 bits per heavy atom. The maximum atomic E-state index is 5.97. The highest BCUT2D eigenvalue weighted by Gasteiger charge is 2.11. The molecule has 1 unspecified atom stereocenters. The Labute approximate surface area is 177 Å². The van der Waals surface area contributed by atoms with Crippen molar-refractivity contribution in [1.82, 2.24) is 10.2 Å². The van der Waals surface area contributed by atoms with E-state index in [0.717, 1.165) is 30.4 Å². The average molecular weight is 489 g/mol. The van der Waals surface area contributed by atoms with Gasteiger partial charge in [0.05, 0.1) is 13.7 Å². The van der Waals surface area contributed by atoms with Crippen molar-refractivity contribution in [2.75, 3.05) is 34.3 Å². The van der Waals surface area contributed by atoms with Crippen molar-refractivity contribution in [3.63, 3.8) is 0 Å². The van der Waals surface area contributed by atoms with Crippen molar-refractivity contribution in [3.05, 3.63) is 46.7 Å². The number of hydrogen-bond acceptors (Lipinski definition) is 4. The second-order valence-corrected chi connectivity index (χ2v) is 6.79. The lowest BCUT2D eigenvalue weighted by molar-refractivity contribution is 0.212. The first-order valence-corrected chi connectivity index (χ1v) is 9.25. The number of benzene rings is 1. The minimum atomic E-state index is -0.0151. The molecule has 7 heteroatoms. The highest BCUT2D eigenvalue weighted by molar-refractivity contribution is 14.0. The van der Waals surface area contributed by atoms with Crippen LogP contribution in [0.3, 0.4) is 0 Å². The zero-order valence-corrected chi connectivity index (χ0v) is 18.9. The molecular weight excluding hydrogens is 461 g/mol. The van der Waals surface area contributed by atoms with Crippen LogP contribution in [0.5, 0.6) is 11.5 Å². The number of para-hydroxylation sites is 2. The number of halogens is 1. The van der Waals surface area contributed by atoms with Gasteiger partial charge in [-0.3, -0.25) is 4.99 Å². The van der Waals surface area contributed by atoms with Crippen LogP contribution < -0.4 is 14.8 Å². The largest absolute Gasteiger partial charge is 0.493 e. The highest BCUT2D eigenvalue weighted by atomic mass is 127. The van der Waals surface area contributed by atoms with E-state index in [1.807, 2.05) is 31.2 Å². The fourth-order valence-corrected chi connectivity index (χ4v) is 3.13. The van der Waals surface area contributed by atoms with Gasteiger partial charge in [0.1, 0.15) is 6.10 Å². The van der Waals surface area contributed by atoms with E-state index in [9.17, 15) is 0 Å². The Kier molecular flexibility index (Phi) is 10.4. The van der Waals surface area contributed by atoms with Crippen LogP contribution in [0.1, 0.15) is 11.8 Å². The quantitative estimate of drug-likeness (QED) is 0.347. The predicted molar refractivity (Wildman–Crippen MR) is 121 cm³/mol. The zero-order valence-electron chi connectivity index (χ0n) is 15.8. The first-order valence-electron chi connectivity index (χ1n) is 8.38. The van der Waals surface area contributed by atoms with E-state index in [0.29, 0.717) is 6.54 Å². The number of likely N-dealkylation sites (N-methyl/N-ethyl adjacent to an activating group) is 1. The standard InChI is InChI=1S/C19H27N3O2S.HI/c1-15(24-18-10-6-5-9-17(18)23-4)14-21-19(20-2)22(3)12-11-16-8-7-13-25-16;/h5-10,13,15H,11-12,14H2,1-4H3,(H,20,21);1H. The molecule has 5 nitrogen and oxygen atoms in total. The van der Waals surface area contributed by atoms with Gasteiger partial charge < -0.3 is 19.7 Å². The Morgan fingerprint density at radius 2 is 1.96 bits per heavy atom. The molecule has 0 aliphatic heterocycles. The first kappa shape index (κ1) is 22.6. The smallest absolute Gasteiger partial charge is 0.193 e. The van der Waals surface area contributed by atoms with Crippen LogP contribution in [-0.2, 0) is 6.42 Å². The molecule has 0 aliphatic carbocycles. The van der Waals surface area contributed by atoms with E-state index < -0.39 is 0 Å². The Balaban J connectivity index is 0.00000338. The SMILES string of the molecule is CN=C(NCC(C)Oc1ccccc1OC)N(C)CCc1cccs1.I. The summed E-state index contributed by atoms with van der Waals surface area (Å²) in [6, 6.07) is 11.9. The molecule has 0 amide bonds. The summed E-state index contributed by atoms with van der Waals surface area (Å²) >= 11 is 1.79. The molecule has 1 aromatic heterocycles. The number of guanidine groups is 1. The van der Waals surface area contributed by atoms with Crippen LogP contribution >= 0.6 is 35.3 Å². The third-order valence-electron chi connectivity index (χ3n) is 3.79. The van der Waals surface area contributed by atoms with Gasteiger partial charge >= 0.3 is 0 Å². The number of hydrogen-bond donors (Lipinski definition) is 1. The number of methoxy groups -OCH3 is 1. The molecule has 26 heavy (non-hydrogen) atoms. The molecule has 1 atom stereocenters. The first-order chi connectivity index (χ1) is 12.1. The molecule has 2 aromatic rings. The number of ether oxygens (including phenoxy) is 2.